The Morgan fingerprint density at radius 1 is 1.33 bits per heavy atom. The normalized spacial score (nSPS) is 11.2. The second kappa shape index (κ2) is 5.98. The van der Waals surface area contributed by atoms with Crippen LogP contribution in [0.5, 0.6) is 0 Å². The van der Waals surface area contributed by atoms with E-state index in [4.69, 9.17) is 11.0 Å². The molecule has 0 unspecified atom stereocenters. The molecule has 2 rings (SSSR count). The number of halogens is 1. The number of nitrogens with two attached hydrogens (primary N) is 1. The molecule has 0 radical (unpaired) electrons. The minimum absolute atomic E-state index is 0.0499. The van der Waals surface area contributed by atoms with Gasteiger partial charge < -0.3 is 10.3 Å². The van der Waals surface area contributed by atoms with Gasteiger partial charge in [-0.3, -0.25) is 4.79 Å². The summed E-state index contributed by atoms with van der Waals surface area (Å²) in [5.41, 5.74) is 8.92. The molecule has 5 heteroatoms. The molecule has 0 bridgehead atoms. The Balaban J connectivity index is 2.55. The Bertz CT molecular complexity index is 764. The van der Waals surface area contributed by atoms with Gasteiger partial charge in [-0.2, -0.15) is 5.26 Å². The summed E-state index contributed by atoms with van der Waals surface area (Å²) in [5, 5.41) is 8.94. The number of hydrogen-bond acceptors (Lipinski definition) is 2. The van der Waals surface area contributed by atoms with E-state index in [2.05, 4.69) is 20.5 Å². The first-order chi connectivity index (χ1) is 9.93. The zero-order chi connectivity index (χ0) is 15.6. The highest BCUT2D eigenvalue weighted by Crippen LogP contribution is 2.23. The summed E-state index contributed by atoms with van der Waals surface area (Å²) in [7, 11) is 0. The van der Waals surface area contributed by atoms with Crippen molar-refractivity contribution in [3.05, 3.63) is 57.3 Å². The van der Waals surface area contributed by atoms with Crippen molar-refractivity contribution >= 4 is 27.9 Å². The molecule has 1 amide bonds. The zero-order valence-electron chi connectivity index (χ0n) is 11.7. The van der Waals surface area contributed by atoms with Gasteiger partial charge in [0.1, 0.15) is 11.6 Å². The fourth-order valence-corrected chi connectivity index (χ4v) is 2.50. The first-order valence-corrected chi connectivity index (χ1v) is 7.10. The van der Waals surface area contributed by atoms with Gasteiger partial charge in [0.2, 0.25) is 0 Å². The molecular weight excluding hydrogens is 330 g/mol. The highest BCUT2D eigenvalue weighted by atomic mass is 79.9. The molecule has 106 valence electrons. The molecule has 1 heterocycles. The smallest absolute Gasteiger partial charge is 0.259 e. The average molecular weight is 344 g/mol. The standard InChI is InChI=1S/C16H14BrN3O/c1-10-7-12(8-13(9-18)16(19)21)11(2)20(10)15-5-3-14(17)4-6-15/h3-8H,1-2H3,(H2,19,21). The number of rotatable bonds is 3. The number of carbonyl (C=O) groups is 1. The van der Waals surface area contributed by atoms with E-state index in [0.717, 1.165) is 27.1 Å². The molecular formula is C16H14BrN3O. The van der Waals surface area contributed by atoms with Crippen LogP contribution in [0.3, 0.4) is 0 Å². The van der Waals surface area contributed by atoms with Crippen molar-refractivity contribution in [2.45, 2.75) is 13.8 Å². The first-order valence-electron chi connectivity index (χ1n) is 6.30. The van der Waals surface area contributed by atoms with E-state index >= 15 is 0 Å². The van der Waals surface area contributed by atoms with E-state index < -0.39 is 5.91 Å². The third-order valence-corrected chi connectivity index (χ3v) is 3.77. The molecule has 2 aromatic rings. The molecule has 2 N–H and O–H groups in total. The first kappa shape index (κ1) is 15.1. The van der Waals surface area contributed by atoms with Gasteiger partial charge >= 0.3 is 0 Å². The van der Waals surface area contributed by atoms with E-state index in [0.29, 0.717) is 0 Å². The molecule has 0 saturated carbocycles. The van der Waals surface area contributed by atoms with Gasteiger partial charge in [0, 0.05) is 21.5 Å². The summed E-state index contributed by atoms with van der Waals surface area (Å²) in [6.45, 7) is 3.92. The van der Waals surface area contributed by atoms with Gasteiger partial charge in [-0.1, -0.05) is 15.9 Å². The number of nitriles is 1. The lowest BCUT2D eigenvalue weighted by molar-refractivity contribution is -0.114. The zero-order valence-corrected chi connectivity index (χ0v) is 13.3. The van der Waals surface area contributed by atoms with Crippen LogP contribution in [0.25, 0.3) is 11.8 Å². The van der Waals surface area contributed by atoms with E-state index in [1.54, 1.807) is 0 Å². The minimum atomic E-state index is -0.717. The van der Waals surface area contributed by atoms with Crippen LogP contribution in [0.1, 0.15) is 17.0 Å². The number of carbonyl (C=O) groups excluding carboxylic acids is 1. The monoisotopic (exact) mass is 343 g/mol. The maximum Gasteiger partial charge on any atom is 0.259 e. The molecule has 0 aliphatic rings. The van der Waals surface area contributed by atoms with E-state index in [-0.39, 0.29) is 5.57 Å². The van der Waals surface area contributed by atoms with Crippen molar-refractivity contribution in [3.8, 4) is 11.8 Å². The van der Waals surface area contributed by atoms with Gasteiger partial charge in [0.15, 0.2) is 0 Å². The second-order valence-corrected chi connectivity index (χ2v) is 5.59. The van der Waals surface area contributed by atoms with Crippen LogP contribution < -0.4 is 5.73 Å². The summed E-state index contributed by atoms with van der Waals surface area (Å²) < 4.78 is 3.07. The minimum Gasteiger partial charge on any atom is -0.365 e. The van der Waals surface area contributed by atoms with Gasteiger partial charge in [0.25, 0.3) is 5.91 Å². The predicted molar refractivity (Wildman–Crippen MR) is 85.7 cm³/mol. The summed E-state index contributed by atoms with van der Waals surface area (Å²) in [5.74, 6) is -0.717. The maximum atomic E-state index is 11.2. The average Bonchev–Trinajstić information content (AvgIpc) is 2.71. The highest BCUT2D eigenvalue weighted by molar-refractivity contribution is 9.10. The number of benzene rings is 1. The number of amides is 1. The van der Waals surface area contributed by atoms with Crippen molar-refractivity contribution in [1.82, 2.24) is 4.57 Å². The Morgan fingerprint density at radius 3 is 2.48 bits per heavy atom. The second-order valence-electron chi connectivity index (χ2n) is 4.67. The van der Waals surface area contributed by atoms with Crippen molar-refractivity contribution < 1.29 is 4.79 Å². The molecule has 0 atom stereocenters. The quantitative estimate of drug-likeness (QED) is 0.686. The molecule has 0 aliphatic heterocycles. The largest absolute Gasteiger partial charge is 0.365 e. The van der Waals surface area contributed by atoms with Crippen LogP contribution in [0.4, 0.5) is 0 Å². The van der Waals surface area contributed by atoms with Crippen molar-refractivity contribution in [2.24, 2.45) is 5.73 Å². The Hall–Kier alpha value is -2.32. The van der Waals surface area contributed by atoms with Gasteiger partial charge in [-0.25, -0.2) is 0 Å². The Kier molecular flexibility index (Phi) is 4.29. The van der Waals surface area contributed by atoms with Crippen LogP contribution in [0, 0.1) is 25.2 Å². The van der Waals surface area contributed by atoms with Gasteiger partial charge in [-0.05, 0) is 55.8 Å². The predicted octanol–water partition coefficient (Wildman–Crippen LogP) is 3.25. The van der Waals surface area contributed by atoms with Crippen LogP contribution >= 0.6 is 15.9 Å². The molecule has 0 aliphatic carbocycles. The number of primary amides is 1. The Labute approximate surface area is 131 Å². The van der Waals surface area contributed by atoms with Gasteiger partial charge in [0.05, 0.1) is 0 Å². The molecule has 0 fully saturated rings. The van der Waals surface area contributed by atoms with Crippen LogP contribution in [-0.4, -0.2) is 10.5 Å². The van der Waals surface area contributed by atoms with Gasteiger partial charge in [-0.15, -0.1) is 0 Å². The topological polar surface area (TPSA) is 71.8 Å². The van der Waals surface area contributed by atoms with Crippen LogP contribution in [0.2, 0.25) is 0 Å². The van der Waals surface area contributed by atoms with Crippen LogP contribution in [-0.2, 0) is 4.79 Å². The number of aromatic nitrogens is 1. The summed E-state index contributed by atoms with van der Waals surface area (Å²) in [6.07, 6.45) is 1.53. The van der Waals surface area contributed by atoms with Crippen molar-refractivity contribution in [1.29, 1.82) is 5.26 Å². The van der Waals surface area contributed by atoms with Crippen molar-refractivity contribution in [2.75, 3.05) is 0 Å². The third kappa shape index (κ3) is 3.06. The van der Waals surface area contributed by atoms with Crippen molar-refractivity contribution in [3.63, 3.8) is 0 Å². The van der Waals surface area contributed by atoms with E-state index in [1.165, 1.54) is 6.08 Å². The lowest BCUT2D eigenvalue weighted by atomic mass is 10.1. The lowest BCUT2D eigenvalue weighted by Gasteiger charge is -2.09. The Morgan fingerprint density at radius 2 is 1.95 bits per heavy atom. The SMILES string of the molecule is Cc1cc(C=C(C#N)C(N)=O)c(C)n1-c1ccc(Br)cc1. The molecule has 21 heavy (non-hydrogen) atoms. The maximum absolute atomic E-state index is 11.2. The van der Waals surface area contributed by atoms with E-state index in [9.17, 15) is 4.79 Å². The number of aryl methyl sites for hydroxylation is 1. The molecule has 0 saturated heterocycles. The lowest BCUT2D eigenvalue weighted by Crippen LogP contribution is -2.12. The summed E-state index contributed by atoms with van der Waals surface area (Å²) in [6, 6.07) is 11.7. The fourth-order valence-electron chi connectivity index (χ4n) is 2.24. The number of nitrogens with zero attached hydrogens (tertiary/aromatic N) is 2. The molecule has 4 nitrogen and oxygen atoms in total. The molecule has 1 aromatic carbocycles. The molecule has 1 aromatic heterocycles. The van der Waals surface area contributed by atoms with Crippen LogP contribution in [0.15, 0.2) is 40.4 Å². The van der Waals surface area contributed by atoms with E-state index in [1.807, 2.05) is 50.2 Å². The molecule has 0 spiro atoms. The highest BCUT2D eigenvalue weighted by Gasteiger charge is 2.11. The summed E-state index contributed by atoms with van der Waals surface area (Å²) >= 11 is 3.41. The fraction of sp³-hybridized carbons (Fsp3) is 0.125. The summed E-state index contributed by atoms with van der Waals surface area (Å²) in [4.78, 5) is 11.2. The third-order valence-electron chi connectivity index (χ3n) is 3.24. The number of hydrogen-bond donors (Lipinski definition) is 1.